The highest BCUT2D eigenvalue weighted by atomic mass is 16.6. The number of nitrogens with zero attached hydrogens (tertiary/aromatic N) is 1. The van der Waals surface area contributed by atoms with Gasteiger partial charge in [0, 0.05) is 6.54 Å². The minimum atomic E-state index is -0.598. The Morgan fingerprint density at radius 1 is 1.29 bits per heavy atom. The van der Waals surface area contributed by atoms with Gasteiger partial charge in [0.05, 0.1) is 6.61 Å². The Hall–Kier alpha value is -1.06. The first-order chi connectivity index (χ1) is 6.76. The number of ether oxygens (including phenoxy) is 1. The summed E-state index contributed by atoms with van der Waals surface area (Å²) in [6, 6.07) is 0. The van der Waals surface area contributed by atoms with E-state index in [4.69, 9.17) is 4.74 Å². The van der Waals surface area contributed by atoms with Crippen molar-refractivity contribution in [2.75, 3.05) is 13.2 Å². The number of hydrogen-bond donors (Lipinski definition) is 0. The van der Waals surface area contributed by atoms with Crippen LogP contribution in [0.1, 0.15) is 39.5 Å². The van der Waals surface area contributed by atoms with Gasteiger partial charge < -0.3 is 4.74 Å². The fourth-order valence-electron chi connectivity index (χ4n) is 0.997. The number of imide groups is 1. The Bertz CT molecular complexity index is 171. The molecule has 0 aliphatic rings. The highest BCUT2D eigenvalue weighted by Gasteiger charge is 2.11. The van der Waals surface area contributed by atoms with Crippen molar-refractivity contribution in [3.63, 3.8) is 0 Å². The first kappa shape index (κ1) is 12.9. The molecule has 0 saturated carbocycles. The topological polar surface area (TPSA) is 46.6 Å². The molecule has 0 aromatic carbocycles. The standard InChI is InChI=1S/C10H18NO3/c1-3-5-6-7-8-14-10(13)11(4-2)9-12/h3-8H2,1-2H3. The fourth-order valence-corrected chi connectivity index (χ4v) is 0.997. The molecule has 0 N–H and O–H groups in total. The fraction of sp³-hybridized carbons (Fsp3) is 0.800. The summed E-state index contributed by atoms with van der Waals surface area (Å²) in [5, 5.41) is 0. The van der Waals surface area contributed by atoms with Gasteiger partial charge in [-0.1, -0.05) is 26.2 Å². The Kier molecular flexibility index (Phi) is 7.89. The summed E-state index contributed by atoms with van der Waals surface area (Å²) in [4.78, 5) is 22.2. The highest BCUT2D eigenvalue weighted by molar-refractivity contribution is 5.80. The molecule has 0 aromatic rings. The molecule has 0 unspecified atom stereocenters. The number of carbonyl (C=O) groups excluding carboxylic acids is 2. The van der Waals surface area contributed by atoms with Crippen LogP contribution in [0.5, 0.6) is 0 Å². The van der Waals surface area contributed by atoms with Crippen LogP contribution in [0.4, 0.5) is 4.79 Å². The smallest absolute Gasteiger partial charge is 0.416 e. The van der Waals surface area contributed by atoms with Crippen molar-refractivity contribution in [2.45, 2.75) is 39.5 Å². The minimum Gasteiger partial charge on any atom is -0.449 e. The zero-order chi connectivity index (χ0) is 10.8. The van der Waals surface area contributed by atoms with Crippen molar-refractivity contribution < 1.29 is 14.3 Å². The lowest BCUT2D eigenvalue weighted by Crippen LogP contribution is -2.30. The van der Waals surface area contributed by atoms with Crippen LogP contribution in [-0.4, -0.2) is 30.6 Å². The molecule has 0 heterocycles. The molecule has 4 heteroatoms. The lowest BCUT2D eigenvalue weighted by Gasteiger charge is -2.11. The predicted octanol–water partition coefficient (Wildman–Crippen LogP) is 2.09. The van der Waals surface area contributed by atoms with Gasteiger partial charge in [0.1, 0.15) is 0 Å². The summed E-state index contributed by atoms with van der Waals surface area (Å²) in [7, 11) is 0. The Morgan fingerprint density at radius 3 is 2.50 bits per heavy atom. The third kappa shape index (κ3) is 5.56. The van der Waals surface area contributed by atoms with E-state index in [-0.39, 0.29) is 0 Å². The zero-order valence-electron chi connectivity index (χ0n) is 8.91. The van der Waals surface area contributed by atoms with E-state index in [0.717, 1.165) is 30.6 Å². The molecule has 0 spiro atoms. The van der Waals surface area contributed by atoms with Gasteiger partial charge >= 0.3 is 12.5 Å². The summed E-state index contributed by atoms with van der Waals surface area (Å²) < 4.78 is 4.86. The number of unbranched alkanes of at least 4 members (excludes halogenated alkanes) is 3. The molecule has 0 saturated heterocycles. The Morgan fingerprint density at radius 2 is 2.00 bits per heavy atom. The molecular weight excluding hydrogens is 182 g/mol. The van der Waals surface area contributed by atoms with Gasteiger partial charge in [-0.3, -0.25) is 4.79 Å². The van der Waals surface area contributed by atoms with Gasteiger partial charge in [0.25, 0.3) is 0 Å². The second kappa shape index (κ2) is 8.53. The van der Waals surface area contributed by atoms with E-state index in [1.807, 2.05) is 0 Å². The quantitative estimate of drug-likeness (QED) is 0.467. The zero-order valence-corrected chi connectivity index (χ0v) is 8.91. The van der Waals surface area contributed by atoms with Crippen molar-refractivity contribution in [1.29, 1.82) is 0 Å². The van der Waals surface area contributed by atoms with Gasteiger partial charge in [-0.25, -0.2) is 9.69 Å². The van der Waals surface area contributed by atoms with E-state index in [1.165, 1.54) is 6.41 Å². The molecule has 1 radical (unpaired) electrons. The molecule has 0 aromatic heterocycles. The molecule has 0 atom stereocenters. The molecule has 0 aliphatic carbocycles. The summed E-state index contributed by atoms with van der Waals surface area (Å²) in [5.74, 6) is 0. The van der Waals surface area contributed by atoms with Crippen LogP contribution in [-0.2, 0) is 9.53 Å². The van der Waals surface area contributed by atoms with Gasteiger partial charge in [-0.15, -0.1) is 0 Å². The lowest BCUT2D eigenvalue weighted by molar-refractivity contribution is 0.121. The maximum atomic E-state index is 11.1. The Balaban J connectivity index is 3.47. The van der Waals surface area contributed by atoms with Crippen molar-refractivity contribution in [1.82, 2.24) is 4.90 Å². The van der Waals surface area contributed by atoms with Gasteiger partial charge in [-0.2, -0.15) is 0 Å². The third-order valence-electron chi connectivity index (χ3n) is 1.87. The van der Waals surface area contributed by atoms with Gasteiger partial charge in [0.2, 0.25) is 0 Å². The van der Waals surface area contributed by atoms with Crippen molar-refractivity contribution >= 4 is 12.5 Å². The normalized spacial score (nSPS) is 9.57. The van der Waals surface area contributed by atoms with Crippen LogP contribution in [0, 0.1) is 0 Å². The average molecular weight is 200 g/mol. The van der Waals surface area contributed by atoms with Crippen molar-refractivity contribution in [3.05, 3.63) is 0 Å². The van der Waals surface area contributed by atoms with Gasteiger partial charge in [0.15, 0.2) is 0 Å². The number of carbonyl (C=O) groups is 1. The average Bonchev–Trinajstić information content (AvgIpc) is 2.19. The summed E-state index contributed by atoms with van der Waals surface area (Å²) >= 11 is 0. The molecule has 2 amide bonds. The summed E-state index contributed by atoms with van der Waals surface area (Å²) in [5.41, 5.74) is 0. The van der Waals surface area contributed by atoms with Gasteiger partial charge in [-0.05, 0) is 13.3 Å². The molecule has 0 fully saturated rings. The van der Waals surface area contributed by atoms with Crippen LogP contribution < -0.4 is 0 Å². The second-order valence-electron chi connectivity index (χ2n) is 3.01. The molecule has 0 rings (SSSR count). The number of rotatable bonds is 7. The van der Waals surface area contributed by atoms with Crippen molar-refractivity contribution in [3.8, 4) is 0 Å². The maximum absolute atomic E-state index is 11.1. The largest absolute Gasteiger partial charge is 0.449 e. The van der Waals surface area contributed by atoms with E-state index in [0.29, 0.717) is 13.2 Å². The van der Waals surface area contributed by atoms with Crippen LogP contribution in [0.15, 0.2) is 0 Å². The molecule has 81 valence electrons. The third-order valence-corrected chi connectivity index (χ3v) is 1.87. The lowest BCUT2D eigenvalue weighted by atomic mass is 10.2. The van der Waals surface area contributed by atoms with Crippen LogP contribution in [0.3, 0.4) is 0 Å². The minimum absolute atomic E-state index is 0.303. The molecule has 0 aliphatic heterocycles. The Labute approximate surface area is 85.2 Å². The van der Waals surface area contributed by atoms with E-state index in [9.17, 15) is 9.59 Å². The monoisotopic (exact) mass is 200 g/mol. The number of hydrogen-bond acceptors (Lipinski definition) is 3. The van der Waals surface area contributed by atoms with E-state index in [2.05, 4.69) is 6.92 Å². The summed E-state index contributed by atoms with van der Waals surface area (Å²) in [6.07, 6.45) is 5.13. The van der Waals surface area contributed by atoms with E-state index < -0.39 is 6.09 Å². The SMILES string of the molecule is CCCCCCOC(=O)N([C]=O)CC. The van der Waals surface area contributed by atoms with E-state index >= 15 is 0 Å². The highest BCUT2D eigenvalue weighted by Crippen LogP contribution is 2.00. The molecule has 4 nitrogen and oxygen atoms in total. The van der Waals surface area contributed by atoms with E-state index in [1.54, 1.807) is 6.92 Å². The van der Waals surface area contributed by atoms with Crippen LogP contribution in [0.25, 0.3) is 0 Å². The molecule has 0 bridgehead atoms. The molecular formula is C10H18NO3. The summed E-state index contributed by atoms with van der Waals surface area (Å²) in [6.45, 7) is 4.50. The number of amides is 2. The van der Waals surface area contributed by atoms with Crippen molar-refractivity contribution in [2.24, 2.45) is 0 Å². The second-order valence-corrected chi connectivity index (χ2v) is 3.01. The maximum Gasteiger partial charge on any atom is 0.416 e. The first-order valence-electron chi connectivity index (χ1n) is 5.08. The first-order valence-corrected chi connectivity index (χ1v) is 5.08. The van der Waals surface area contributed by atoms with Crippen LogP contribution in [0.2, 0.25) is 0 Å². The molecule has 14 heavy (non-hydrogen) atoms. The predicted molar refractivity (Wildman–Crippen MR) is 53.6 cm³/mol. The van der Waals surface area contributed by atoms with Crippen LogP contribution >= 0.6 is 0 Å².